The molecule has 1 atom stereocenters. The van der Waals surface area contributed by atoms with Crippen LogP contribution in [-0.2, 0) is 24.1 Å². The summed E-state index contributed by atoms with van der Waals surface area (Å²) in [7, 11) is -6.44. The van der Waals surface area contributed by atoms with E-state index in [-0.39, 0.29) is 12.0 Å². The molecule has 0 heterocycles. The molecule has 6 nitrogen and oxygen atoms in total. The van der Waals surface area contributed by atoms with E-state index in [0.717, 1.165) is 19.3 Å². The smallest absolute Gasteiger partial charge is 0.438 e. The monoisotopic (exact) mass is 490 g/mol. The minimum absolute atomic E-state index is 0.0167. The second kappa shape index (κ2) is 10.6. The van der Waals surface area contributed by atoms with Gasteiger partial charge in [0.25, 0.3) is 10.1 Å². The molecular formula is C16H28F6O6SSi. The van der Waals surface area contributed by atoms with Crippen molar-refractivity contribution in [3.05, 3.63) is 0 Å². The van der Waals surface area contributed by atoms with Gasteiger partial charge in [0.1, 0.15) is 5.75 Å². The molecule has 0 saturated carbocycles. The van der Waals surface area contributed by atoms with Crippen LogP contribution in [0.4, 0.5) is 26.3 Å². The van der Waals surface area contributed by atoms with Gasteiger partial charge >= 0.3 is 23.9 Å². The predicted octanol–water partition coefficient (Wildman–Crippen LogP) is 4.86. The Morgan fingerprint density at radius 1 is 1.03 bits per heavy atom. The SMILES string of the molecule is CCCCC(CCCC(=O)OC(CS(=O)(=O)O)(C(F)(F)F)C(F)(F)F)[Si](C)(C)OC. The van der Waals surface area contributed by atoms with Crippen molar-refractivity contribution >= 4 is 24.4 Å². The Bertz CT molecular complexity index is 648. The van der Waals surface area contributed by atoms with Crippen molar-refractivity contribution in [2.45, 2.75) is 82.0 Å². The average molecular weight is 491 g/mol. The predicted molar refractivity (Wildman–Crippen MR) is 99.0 cm³/mol. The molecule has 0 aromatic carbocycles. The van der Waals surface area contributed by atoms with Crippen LogP contribution in [0.25, 0.3) is 0 Å². The van der Waals surface area contributed by atoms with Crippen LogP contribution in [0.1, 0.15) is 45.4 Å². The van der Waals surface area contributed by atoms with Gasteiger partial charge in [-0.15, -0.1) is 0 Å². The summed E-state index contributed by atoms with van der Waals surface area (Å²) in [6, 6.07) is 0. The first-order chi connectivity index (χ1) is 13.3. The summed E-state index contributed by atoms with van der Waals surface area (Å²) in [6.07, 6.45) is -10.7. The Morgan fingerprint density at radius 3 is 1.87 bits per heavy atom. The molecule has 0 radical (unpaired) electrons. The molecule has 30 heavy (non-hydrogen) atoms. The van der Waals surface area contributed by atoms with Crippen LogP contribution >= 0.6 is 0 Å². The van der Waals surface area contributed by atoms with Crippen molar-refractivity contribution in [3.63, 3.8) is 0 Å². The molecule has 0 bridgehead atoms. The molecule has 0 aliphatic rings. The average Bonchev–Trinajstić information content (AvgIpc) is 2.53. The maximum Gasteiger partial charge on any atom is 0.438 e. The molecule has 0 rings (SSSR count). The van der Waals surface area contributed by atoms with Gasteiger partial charge in [0.2, 0.25) is 0 Å². The van der Waals surface area contributed by atoms with Gasteiger partial charge in [-0.3, -0.25) is 9.35 Å². The second-order valence-corrected chi connectivity index (χ2v) is 13.4. The number of carbonyl (C=O) groups is 1. The van der Waals surface area contributed by atoms with Gasteiger partial charge in [0.05, 0.1) is 0 Å². The topological polar surface area (TPSA) is 89.9 Å². The van der Waals surface area contributed by atoms with Gasteiger partial charge in [-0.05, 0) is 25.1 Å². The summed E-state index contributed by atoms with van der Waals surface area (Å²) in [4.78, 5) is 11.8. The Balaban J connectivity index is 5.44. The fourth-order valence-electron chi connectivity index (χ4n) is 2.92. The summed E-state index contributed by atoms with van der Waals surface area (Å²) in [5.41, 5.74) is -5.34. The van der Waals surface area contributed by atoms with Crippen LogP contribution in [0.15, 0.2) is 0 Å². The highest BCUT2D eigenvalue weighted by Crippen LogP contribution is 2.47. The first kappa shape index (κ1) is 29.1. The molecule has 0 aliphatic heterocycles. The number of halogens is 6. The number of esters is 1. The van der Waals surface area contributed by atoms with E-state index in [9.17, 15) is 39.6 Å². The Morgan fingerprint density at radius 2 is 1.50 bits per heavy atom. The lowest BCUT2D eigenvalue weighted by atomic mass is 10.0. The first-order valence-corrected chi connectivity index (χ1v) is 13.8. The van der Waals surface area contributed by atoms with Crippen LogP contribution in [-0.4, -0.2) is 58.1 Å². The fraction of sp³-hybridized carbons (Fsp3) is 0.938. The van der Waals surface area contributed by atoms with E-state index < -0.39 is 54.5 Å². The number of carbonyl (C=O) groups excluding carboxylic acids is 1. The van der Waals surface area contributed by atoms with Crippen molar-refractivity contribution in [1.29, 1.82) is 0 Å². The molecule has 14 heteroatoms. The van der Waals surface area contributed by atoms with E-state index in [2.05, 4.69) is 4.74 Å². The van der Waals surface area contributed by atoms with Crippen molar-refractivity contribution in [2.75, 3.05) is 12.9 Å². The molecule has 180 valence electrons. The van der Waals surface area contributed by atoms with Gasteiger partial charge in [0.15, 0.2) is 8.32 Å². The normalized spacial score (nSPS) is 15.2. The lowest BCUT2D eigenvalue weighted by Crippen LogP contribution is -2.63. The number of hydrogen-bond acceptors (Lipinski definition) is 5. The Hall–Kier alpha value is -0.863. The molecule has 0 saturated heterocycles. The summed E-state index contributed by atoms with van der Waals surface area (Å²) in [5.74, 6) is -4.74. The minimum Gasteiger partial charge on any atom is -0.438 e. The number of rotatable bonds is 12. The molecule has 1 N–H and O–H groups in total. The maximum absolute atomic E-state index is 13.2. The molecule has 1 unspecified atom stereocenters. The second-order valence-electron chi connectivity index (χ2n) is 7.56. The van der Waals surface area contributed by atoms with Gasteiger partial charge in [0, 0.05) is 13.5 Å². The zero-order valence-corrected chi connectivity index (χ0v) is 19.0. The Kier molecular flexibility index (Phi) is 10.3. The highest BCUT2D eigenvalue weighted by Gasteiger charge is 2.75. The molecule has 0 aromatic rings. The van der Waals surface area contributed by atoms with Gasteiger partial charge in [-0.1, -0.05) is 32.6 Å². The standard InChI is InChI=1S/C16H28F6O6SSi/c1-5-6-8-12(30(3,4)27-2)9-7-10-13(23)28-14(15(17,18)19,16(20,21)22)11-29(24,25)26/h12H,5-11H2,1-4H3,(H,24,25,26). The number of alkyl halides is 6. The van der Waals surface area contributed by atoms with E-state index in [1.807, 2.05) is 20.0 Å². The first-order valence-electron chi connectivity index (χ1n) is 9.18. The van der Waals surface area contributed by atoms with Crippen LogP contribution in [0.3, 0.4) is 0 Å². The lowest BCUT2D eigenvalue weighted by molar-refractivity contribution is -0.361. The van der Waals surface area contributed by atoms with Crippen LogP contribution < -0.4 is 0 Å². The molecular weight excluding hydrogens is 462 g/mol. The summed E-state index contributed by atoms with van der Waals surface area (Å²) in [6.45, 7) is 5.78. The third kappa shape index (κ3) is 8.34. The summed E-state index contributed by atoms with van der Waals surface area (Å²) < 4.78 is 118. The van der Waals surface area contributed by atoms with E-state index in [4.69, 9.17) is 8.98 Å². The summed E-state index contributed by atoms with van der Waals surface area (Å²) in [5, 5.41) is 0. The minimum atomic E-state index is -6.31. The Labute approximate surface area is 173 Å². The van der Waals surface area contributed by atoms with E-state index in [1.165, 1.54) is 7.11 Å². The number of hydrogen-bond donors (Lipinski definition) is 1. The van der Waals surface area contributed by atoms with Crippen LogP contribution in [0.2, 0.25) is 18.6 Å². The largest absolute Gasteiger partial charge is 0.438 e. The summed E-state index contributed by atoms with van der Waals surface area (Å²) >= 11 is 0. The third-order valence-corrected chi connectivity index (χ3v) is 9.31. The zero-order valence-electron chi connectivity index (χ0n) is 17.2. The van der Waals surface area contributed by atoms with Gasteiger partial charge in [-0.25, -0.2) is 0 Å². The van der Waals surface area contributed by atoms with Crippen molar-refractivity contribution in [2.24, 2.45) is 0 Å². The maximum atomic E-state index is 13.2. The molecule has 0 fully saturated rings. The molecule has 0 amide bonds. The van der Waals surface area contributed by atoms with Crippen LogP contribution in [0, 0.1) is 0 Å². The number of ether oxygens (including phenoxy) is 1. The van der Waals surface area contributed by atoms with Crippen LogP contribution in [0.5, 0.6) is 0 Å². The van der Waals surface area contributed by atoms with Gasteiger partial charge < -0.3 is 9.16 Å². The van der Waals surface area contributed by atoms with Crippen molar-refractivity contribution < 1.29 is 53.3 Å². The van der Waals surface area contributed by atoms with Crippen molar-refractivity contribution in [1.82, 2.24) is 0 Å². The molecule has 0 aromatic heterocycles. The lowest BCUT2D eigenvalue weighted by Gasteiger charge is -2.35. The van der Waals surface area contributed by atoms with E-state index in [0.29, 0.717) is 6.42 Å². The molecule has 0 aliphatic carbocycles. The third-order valence-electron chi connectivity index (χ3n) is 4.94. The zero-order chi connectivity index (χ0) is 24.0. The highest BCUT2D eigenvalue weighted by molar-refractivity contribution is 7.85. The van der Waals surface area contributed by atoms with E-state index in [1.54, 1.807) is 0 Å². The highest BCUT2D eigenvalue weighted by atomic mass is 32.2. The number of unbranched alkanes of at least 4 members (excludes halogenated alkanes) is 1. The molecule has 0 spiro atoms. The quantitative estimate of drug-likeness (QED) is 0.182. The van der Waals surface area contributed by atoms with E-state index >= 15 is 0 Å². The fourth-order valence-corrected chi connectivity index (χ4v) is 5.95. The van der Waals surface area contributed by atoms with Gasteiger partial charge in [-0.2, -0.15) is 34.8 Å². The van der Waals surface area contributed by atoms with Crippen molar-refractivity contribution in [3.8, 4) is 0 Å².